The van der Waals surface area contributed by atoms with Gasteiger partial charge >= 0.3 is 5.97 Å². The number of hydrogen-bond donors (Lipinski definition) is 1. The topological polar surface area (TPSA) is 55.1 Å². The lowest BCUT2D eigenvalue weighted by molar-refractivity contribution is -0.144. The van der Waals surface area contributed by atoms with E-state index in [1.54, 1.807) is 17.0 Å². The van der Waals surface area contributed by atoms with Crippen LogP contribution < -0.4 is 0 Å². The van der Waals surface area contributed by atoms with Crippen molar-refractivity contribution in [2.24, 2.45) is 5.92 Å². The third-order valence-corrected chi connectivity index (χ3v) is 3.32. The van der Waals surface area contributed by atoms with Crippen molar-refractivity contribution in [3.63, 3.8) is 0 Å². The van der Waals surface area contributed by atoms with Crippen LogP contribution in [0.15, 0.2) is 12.4 Å². The monoisotopic (exact) mass is 228 g/mol. The van der Waals surface area contributed by atoms with Crippen LogP contribution in [-0.2, 0) is 4.79 Å². The van der Waals surface area contributed by atoms with Crippen LogP contribution >= 0.6 is 11.6 Å². The zero-order chi connectivity index (χ0) is 10.8. The van der Waals surface area contributed by atoms with E-state index in [-0.39, 0.29) is 12.0 Å². The molecule has 4 nitrogen and oxygen atoms in total. The molecule has 1 saturated carbocycles. The molecule has 0 radical (unpaired) electrons. The summed E-state index contributed by atoms with van der Waals surface area (Å²) in [5.41, 5.74) is 0. The molecule has 0 saturated heterocycles. The maximum atomic E-state index is 11.1. The van der Waals surface area contributed by atoms with Gasteiger partial charge in [-0.3, -0.25) is 4.79 Å². The van der Waals surface area contributed by atoms with Crippen molar-refractivity contribution in [3.8, 4) is 0 Å². The summed E-state index contributed by atoms with van der Waals surface area (Å²) in [6.07, 6.45) is 7.01. The Hall–Kier alpha value is -1.03. The molecule has 82 valence electrons. The van der Waals surface area contributed by atoms with Gasteiger partial charge in [-0.25, -0.2) is 4.98 Å². The molecule has 0 aliphatic heterocycles. The summed E-state index contributed by atoms with van der Waals surface area (Å²) in [6.45, 7) is 0. The van der Waals surface area contributed by atoms with Crippen molar-refractivity contribution >= 4 is 17.6 Å². The average Bonchev–Trinajstić information content (AvgIpc) is 2.64. The minimum absolute atomic E-state index is 0.0359. The molecule has 1 aliphatic rings. The van der Waals surface area contributed by atoms with E-state index in [0.717, 1.165) is 25.7 Å². The van der Waals surface area contributed by atoms with Crippen LogP contribution in [0.4, 0.5) is 0 Å². The van der Waals surface area contributed by atoms with E-state index in [4.69, 9.17) is 16.7 Å². The number of rotatable bonds is 2. The van der Waals surface area contributed by atoms with Gasteiger partial charge in [-0.05, 0) is 24.4 Å². The fraction of sp³-hybridized carbons (Fsp3) is 0.600. The summed E-state index contributed by atoms with van der Waals surface area (Å²) in [5.74, 6) is -1.06. The van der Waals surface area contributed by atoms with Crippen molar-refractivity contribution in [2.45, 2.75) is 31.7 Å². The third kappa shape index (κ3) is 2.00. The van der Waals surface area contributed by atoms with Crippen LogP contribution in [0.1, 0.15) is 31.7 Å². The highest BCUT2D eigenvalue weighted by atomic mass is 35.5. The van der Waals surface area contributed by atoms with E-state index in [1.165, 1.54) is 0 Å². The molecule has 2 unspecified atom stereocenters. The highest BCUT2D eigenvalue weighted by Crippen LogP contribution is 2.35. The van der Waals surface area contributed by atoms with Gasteiger partial charge in [0.15, 0.2) is 0 Å². The van der Waals surface area contributed by atoms with Crippen molar-refractivity contribution < 1.29 is 9.90 Å². The molecule has 1 fully saturated rings. The molecule has 0 bridgehead atoms. The van der Waals surface area contributed by atoms with Gasteiger partial charge in [0, 0.05) is 18.4 Å². The Morgan fingerprint density at radius 1 is 1.53 bits per heavy atom. The quantitative estimate of drug-likeness (QED) is 0.846. The van der Waals surface area contributed by atoms with E-state index in [0.29, 0.717) is 5.28 Å². The molecule has 2 atom stereocenters. The number of halogens is 1. The molecular formula is C10H13ClN2O2. The van der Waals surface area contributed by atoms with Gasteiger partial charge in [0.1, 0.15) is 0 Å². The lowest BCUT2D eigenvalue weighted by Crippen LogP contribution is -2.29. The Balaban J connectivity index is 2.25. The second kappa shape index (κ2) is 4.23. The number of hydrogen-bond acceptors (Lipinski definition) is 2. The number of carbonyl (C=O) groups is 1. The first-order chi connectivity index (χ1) is 7.20. The maximum absolute atomic E-state index is 11.1. The number of aromatic nitrogens is 2. The Kier molecular flexibility index (Phi) is 2.95. The summed E-state index contributed by atoms with van der Waals surface area (Å²) in [4.78, 5) is 15.0. The van der Waals surface area contributed by atoms with Gasteiger partial charge in [0.25, 0.3) is 0 Å². The van der Waals surface area contributed by atoms with Crippen molar-refractivity contribution in [3.05, 3.63) is 17.7 Å². The minimum atomic E-state index is -0.732. The molecule has 0 aromatic carbocycles. The van der Waals surface area contributed by atoms with Gasteiger partial charge in [0.2, 0.25) is 5.28 Å². The van der Waals surface area contributed by atoms with Crippen LogP contribution in [0.25, 0.3) is 0 Å². The SMILES string of the molecule is O=C(O)C1CCCCC1n1ccnc1Cl. The van der Waals surface area contributed by atoms with Gasteiger partial charge in [-0.2, -0.15) is 0 Å². The third-order valence-electron chi connectivity index (χ3n) is 3.03. The molecule has 1 heterocycles. The second-order valence-corrected chi connectivity index (χ2v) is 4.24. The molecular weight excluding hydrogens is 216 g/mol. The van der Waals surface area contributed by atoms with Gasteiger partial charge in [-0.1, -0.05) is 12.8 Å². The highest BCUT2D eigenvalue weighted by Gasteiger charge is 2.32. The van der Waals surface area contributed by atoms with Crippen LogP contribution in [0.5, 0.6) is 0 Å². The van der Waals surface area contributed by atoms with Crippen molar-refractivity contribution in [1.82, 2.24) is 9.55 Å². The summed E-state index contributed by atoms with van der Waals surface area (Å²) in [7, 11) is 0. The molecule has 1 aromatic heterocycles. The fourth-order valence-corrected chi connectivity index (χ4v) is 2.51. The molecule has 1 aliphatic carbocycles. The lowest BCUT2D eigenvalue weighted by atomic mass is 9.84. The van der Waals surface area contributed by atoms with Crippen molar-refractivity contribution in [2.75, 3.05) is 0 Å². The summed E-state index contributed by atoms with van der Waals surface area (Å²) in [6, 6.07) is -0.0359. The fourth-order valence-electron chi connectivity index (χ4n) is 2.27. The van der Waals surface area contributed by atoms with Crippen LogP contribution in [0.2, 0.25) is 5.28 Å². The highest BCUT2D eigenvalue weighted by molar-refractivity contribution is 6.28. The predicted octanol–water partition coefficient (Wildman–Crippen LogP) is 2.35. The van der Waals surface area contributed by atoms with E-state index in [9.17, 15) is 4.79 Å². The molecule has 1 aromatic rings. The predicted molar refractivity (Wildman–Crippen MR) is 55.9 cm³/mol. The summed E-state index contributed by atoms with van der Waals surface area (Å²) >= 11 is 5.90. The van der Waals surface area contributed by atoms with Crippen LogP contribution in [-0.4, -0.2) is 20.6 Å². The number of imidazole rings is 1. The molecule has 1 N–H and O–H groups in total. The minimum Gasteiger partial charge on any atom is -0.481 e. The molecule has 15 heavy (non-hydrogen) atoms. The number of carboxylic acid groups (broad SMARTS) is 1. The summed E-state index contributed by atoms with van der Waals surface area (Å²) < 4.78 is 1.78. The molecule has 0 amide bonds. The number of carboxylic acids is 1. The van der Waals surface area contributed by atoms with E-state index in [2.05, 4.69) is 4.98 Å². The lowest BCUT2D eigenvalue weighted by Gasteiger charge is -2.29. The smallest absolute Gasteiger partial charge is 0.308 e. The van der Waals surface area contributed by atoms with Gasteiger partial charge in [0.05, 0.1) is 5.92 Å². The zero-order valence-electron chi connectivity index (χ0n) is 8.27. The zero-order valence-corrected chi connectivity index (χ0v) is 9.02. The van der Waals surface area contributed by atoms with E-state index in [1.807, 2.05) is 0 Å². The Morgan fingerprint density at radius 2 is 2.27 bits per heavy atom. The second-order valence-electron chi connectivity index (χ2n) is 3.90. The Morgan fingerprint density at radius 3 is 2.87 bits per heavy atom. The number of nitrogens with zero attached hydrogens (tertiary/aromatic N) is 2. The Labute approximate surface area is 92.9 Å². The first-order valence-corrected chi connectivity index (χ1v) is 5.49. The average molecular weight is 229 g/mol. The van der Waals surface area contributed by atoms with E-state index >= 15 is 0 Å². The van der Waals surface area contributed by atoms with Crippen LogP contribution in [0.3, 0.4) is 0 Å². The Bertz CT molecular complexity index is 364. The van der Waals surface area contributed by atoms with Crippen molar-refractivity contribution in [1.29, 1.82) is 0 Å². The normalized spacial score (nSPS) is 26.5. The summed E-state index contributed by atoms with van der Waals surface area (Å²) in [5, 5.41) is 9.50. The molecule has 5 heteroatoms. The first-order valence-electron chi connectivity index (χ1n) is 5.11. The van der Waals surface area contributed by atoms with Gasteiger partial charge < -0.3 is 9.67 Å². The largest absolute Gasteiger partial charge is 0.481 e. The molecule has 2 rings (SSSR count). The van der Waals surface area contributed by atoms with Gasteiger partial charge in [-0.15, -0.1) is 0 Å². The number of aliphatic carboxylic acids is 1. The molecule has 0 spiro atoms. The maximum Gasteiger partial charge on any atom is 0.308 e. The first kappa shape index (κ1) is 10.5. The van der Waals surface area contributed by atoms with Crippen LogP contribution in [0, 0.1) is 5.92 Å². The standard InChI is InChI=1S/C10H13ClN2O2/c11-10-12-5-6-13(10)8-4-2-1-3-7(8)9(14)15/h5-8H,1-4H2,(H,14,15). The van der Waals surface area contributed by atoms with E-state index < -0.39 is 5.97 Å².